The third-order valence-corrected chi connectivity index (χ3v) is 5.40. The Bertz CT molecular complexity index is 1180. The molecule has 0 bridgehead atoms. The minimum atomic E-state index is -0.973. The summed E-state index contributed by atoms with van der Waals surface area (Å²) in [7, 11) is 0. The number of carbonyl (C=O) groups is 2. The first-order valence-corrected chi connectivity index (χ1v) is 10.8. The van der Waals surface area contributed by atoms with Gasteiger partial charge in [0.2, 0.25) is 5.91 Å². The first-order valence-electron chi connectivity index (χ1n) is 10.8. The number of nitrogens with zero attached hydrogens (tertiary/aromatic N) is 2. The molecule has 3 aromatic rings. The van der Waals surface area contributed by atoms with Crippen LogP contribution in [0.15, 0.2) is 71.7 Å². The van der Waals surface area contributed by atoms with E-state index in [-0.39, 0.29) is 17.2 Å². The van der Waals surface area contributed by atoms with Crippen molar-refractivity contribution in [3.05, 3.63) is 94.2 Å². The van der Waals surface area contributed by atoms with Gasteiger partial charge in [0.1, 0.15) is 0 Å². The zero-order chi connectivity index (χ0) is 23.1. The highest BCUT2D eigenvalue weighted by atomic mass is 16.4. The number of rotatable bonds is 9. The molecule has 0 unspecified atom stereocenters. The fourth-order valence-electron chi connectivity index (χ4n) is 3.62. The van der Waals surface area contributed by atoms with Crippen LogP contribution in [-0.4, -0.2) is 26.1 Å². The maximum Gasteiger partial charge on any atom is 0.336 e. The third-order valence-electron chi connectivity index (χ3n) is 5.40. The van der Waals surface area contributed by atoms with Crippen molar-refractivity contribution in [3.63, 3.8) is 0 Å². The molecule has 1 heterocycles. The van der Waals surface area contributed by atoms with Crippen LogP contribution in [0.3, 0.4) is 0 Å². The van der Waals surface area contributed by atoms with Crippen molar-refractivity contribution >= 4 is 11.9 Å². The number of aromatic nitrogens is 2. The smallest absolute Gasteiger partial charge is 0.336 e. The van der Waals surface area contributed by atoms with Gasteiger partial charge in [-0.15, -0.1) is 0 Å². The van der Waals surface area contributed by atoms with Gasteiger partial charge >= 0.3 is 11.7 Å². The van der Waals surface area contributed by atoms with E-state index in [1.54, 1.807) is 35.0 Å². The number of imidazole rings is 1. The van der Waals surface area contributed by atoms with E-state index in [0.29, 0.717) is 24.9 Å². The molecular formula is C26H28N2O4. The molecule has 0 amide bonds. The number of hydrogen-bond acceptors (Lipinski definition) is 3. The second kappa shape index (κ2) is 10.6. The fraction of sp³-hybridized carbons (Fsp3) is 0.269. The van der Waals surface area contributed by atoms with Crippen molar-refractivity contribution < 1.29 is 14.7 Å². The lowest BCUT2D eigenvalue weighted by Gasteiger charge is -2.09. The van der Waals surface area contributed by atoms with Gasteiger partial charge in [-0.05, 0) is 36.1 Å². The van der Waals surface area contributed by atoms with E-state index in [0.717, 1.165) is 29.7 Å². The maximum atomic E-state index is 13.0. The van der Waals surface area contributed by atoms with Gasteiger partial charge in [0.15, 0.2) is 0 Å². The van der Waals surface area contributed by atoms with Crippen molar-refractivity contribution in [2.45, 2.75) is 46.1 Å². The van der Waals surface area contributed by atoms with Gasteiger partial charge in [-0.3, -0.25) is 9.36 Å². The van der Waals surface area contributed by atoms with Crippen LogP contribution in [0, 0.1) is 0 Å². The Labute approximate surface area is 187 Å². The first kappa shape index (κ1) is 23.0. The highest BCUT2D eigenvalue weighted by molar-refractivity contribution is 5.96. The maximum absolute atomic E-state index is 13.0. The molecule has 0 aliphatic carbocycles. The summed E-state index contributed by atoms with van der Waals surface area (Å²) in [5.41, 5.74) is 3.02. The molecule has 0 saturated heterocycles. The molecule has 0 spiro atoms. The van der Waals surface area contributed by atoms with Crippen molar-refractivity contribution in [3.8, 4) is 11.1 Å². The molecule has 166 valence electrons. The molecule has 0 aliphatic rings. The number of carbonyl (C=O) groups excluding carboxylic acids is 1. The summed E-state index contributed by atoms with van der Waals surface area (Å²) in [5, 5.41) is 9.44. The van der Waals surface area contributed by atoms with Gasteiger partial charge in [0.05, 0.1) is 12.1 Å². The van der Waals surface area contributed by atoms with Crippen molar-refractivity contribution in [1.29, 1.82) is 0 Å². The minimum absolute atomic E-state index is 0.182. The number of hydrogen-bond donors (Lipinski definition) is 1. The van der Waals surface area contributed by atoms with Gasteiger partial charge < -0.3 is 5.11 Å². The highest BCUT2D eigenvalue weighted by Crippen LogP contribution is 2.24. The van der Waals surface area contributed by atoms with Gasteiger partial charge in [-0.2, -0.15) is 0 Å². The van der Waals surface area contributed by atoms with E-state index in [2.05, 4.69) is 0 Å². The molecule has 32 heavy (non-hydrogen) atoms. The molecule has 6 heteroatoms. The van der Waals surface area contributed by atoms with Crippen LogP contribution in [-0.2, 0) is 13.0 Å². The first-order chi connectivity index (χ1) is 15.5. The molecule has 0 aliphatic heterocycles. The van der Waals surface area contributed by atoms with Crippen molar-refractivity contribution in [2.24, 2.45) is 0 Å². The zero-order valence-corrected chi connectivity index (χ0v) is 18.5. The summed E-state index contributed by atoms with van der Waals surface area (Å²) in [6.45, 7) is 4.26. The van der Waals surface area contributed by atoms with Gasteiger partial charge in [0, 0.05) is 24.7 Å². The van der Waals surface area contributed by atoms with Crippen molar-refractivity contribution in [2.75, 3.05) is 0 Å². The topological polar surface area (TPSA) is 81.3 Å². The second-order valence-corrected chi connectivity index (χ2v) is 7.68. The van der Waals surface area contributed by atoms with Crippen LogP contribution in [0.25, 0.3) is 11.1 Å². The summed E-state index contributed by atoms with van der Waals surface area (Å²) in [5.74, 6) is -1.16. The Morgan fingerprint density at radius 3 is 2.44 bits per heavy atom. The van der Waals surface area contributed by atoms with Crippen molar-refractivity contribution in [1.82, 2.24) is 9.13 Å². The normalized spacial score (nSPS) is 11.2. The number of benzene rings is 2. The molecule has 0 radical (unpaired) electrons. The summed E-state index contributed by atoms with van der Waals surface area (Å²) in [6, 6.07) is 14.4. The summed E-state index contributed by atoms with van der Waals surface area (Å²) in [4.78, 5) is 37.0. The Balaban J connectivity index is 1.91. The lowest BCUT2D eigenvalue weighted by atomic mass is 9.99. The quantitative estimate of drug-likeness (QED) is 0.482. The highest BCUT2D eigenvalue weighted by Gasteiger charge is 2.16. The molecule has 1 aromatic heterocycles. The number of carboxylic acids is 1. The second-order valence-electron chi connectivity index (χ2n) is 7.68. The number of allylic oxidation sites excluding steroid dienone is 2. The average molecular weight is 433 g/mol. The number of unbranched alkanes of at least 4 members (excludes halogenated alkanes) is 1. The molecule has 0 atom stereocenters. The lowest BCUT2D eigenvalue weighted by Crippen LogP contribution is -2.29. The Hall–Kier alpha value is -3.67. The van der Waals surface area contributed by atoms with Crippen LogP contribution >= 0.6 is 0 Å². The zero-order valence-electron chi connectivity index (χ0n) is 18.5. The Morgan fingerprint density at radius 2 is 1.78 bits per heavy atom. The van der Waals surface area contributed by atoms with Crippen LogP contribution in [0.5, 0.6) is 0 Å². The van der Waals surface area contributed by atoms with E-state index in [1.807, 2.05) is 50.3 Å². The van der Waals surface area contributed by atoms with Gasteiger partial charge in [0.25, 0.3) is 0 Å². The third kappa shape index (κ3) is 5.14. The van der Waals surface area contributed by atoms with Crippen LogP contribution in [0.1, 0.15) is 59.5 Å². The molecule has 0 saturated carbocycles. The molecule has 1 N–H and O–H groups in total. The molecule has 2 aromatic carbocycles. The molecule has 3 rings (SSSR count). The SMILES string of the molecule is C/C=C/Cc1cn(C(=O)CCCC)c(=O)n1Cc1ccc(-c2ccccc2C(=O)O)cc1. The number of carboxylic acid groups (broad SMARTS) is 1. The molecular weight excluding hydrogens is 404 g/mol. The largest absolute Gasteiger partial charge is 0.478 e. The van der Waals surface area contributed by atoms with E-state index in [4.69, 9.17) is 0 Å². The summed E-state index contributed by atoms with van der Waals surface area (Å²) < 4.78 is 2.86. The van der Waals surface area contributed by atoms with Gasteiger partial charge in [-0.1, -0.05) is 68.0 Å². The lowest BCUT2D eigenvalue weighted by molar-refractivity contribution is 0.0697. The summed E-state index contributed by atoms with van der Waals surface area (Å²) in [6.07, 6.45) is 8.07. The summed E-state index contributed by atoms with van der Waals surface area (Å²) >= 11 is 0. The molecule has 6 nitrogen and oxygen atoms in total. The Morgan fingerprint density at radius 1 is 1.06 bits per heavy atom. The average Bonchev–Trinajstić information content (AvgIpc) is 3.11. The molecule has 0 fully saturated rings. The van der Waals surface area contributed by atoms with Crippen LogP contribution < -0.4 is 5.69 Å². The monoisotopic (exact) mass is 432 g/mol. The van der Waals surface area contributed by atoms with E-state index in [1.165, 1.54) is 4.57 Å². The van der Waals surface area contributed by atoms with Crippen LogP contribution in [0.4, 0.5) is 0 Å². The standard InChI is InChI=1S/C26H28N2O4/c1-3-5-9-21-18-28(24(29)12-6-4-2)26(32)27(21)17-19-13-15-20(16-14-19)22-10-7-8-11-23(22)25(30)31/h3,5,7-8,10-11,13-16,18H,4,6,9,12,17H2,1-2H3,(H,30,31)/b5-3+. The fourth-order valence-corrected chi connectivity index (χ4v) is 3.62. The van der Waals surface area contributed by atoms with E-state index >= 15 is 0 Å². The predicted octanol–water partition coefficient (Wildman–Crippen LogP) is 5.01. The van der Waals surface area contributed by atoms with Crippen LogP contribution in [0.2, 0.25) is 0 Å². The number of aromatic carboxylic acids is 1. The minimum Gasteiger partial charge on any atom is -0.478 e. The predicted molar refractivity (Wildman–Crippen MR) is 125 cm³/mol. The van der Waals surface area contributed by atoms with Gasteiger partial charge in [-0.25, -0.2) is 14.2 Å². The van der Waals surface area contributed by atoms with E-state index in [9.17, 15) is 19.5 Å². The van der Waals surface area contributed by atoms with E-state index < -0.39 is 5.97 Å². The Kier molecular flexibility index (Phi) is 7.60.